The van der Waals surface area contributed by atoms with Crippen LogP contribution >= 0.6 is 0 Å². The highest BCUT2D eigenvalue weighted by molar-refractivity contribution is 5.78. The Hall–Kier alpha value is -1.35. The van der Waals surface area contributed by atoms with Gasteiger partial charge in [0.05, 0.1) is 5.92 Å². The third-order valence-corrected chi connectivity index (χ3v) is 3.67. The molecule has 1 unspecified atom stereocenters. The number of hydrogen-bond donors (Lipinski definition) is 1. The summed E-state index contributed by atoms with van der Waals surface area (Å²) in [5, 5.41) is 0. The van der Waals surface area contributed by atoms with Crippen molar-refractivity contribution in [1.29, 1.82) is 0 Å². The molecule has 0 heterocycles. The van der Waals surface area contributed by atoms with Crippen molar-refractivity contribution >= 4 is 5.91 Å². The number of benzene rings is 1. The molecule has 1 aromatic carbocycles. The normalized spacial score (nSPS) is 13.0. The Balaban J connectivity index is 2.42. The first-order valence-corrected chi connectivity index (χ1v) is 7.82. The average molecular weight is 290 g/mol. The molecular formula is C18H30N2O. The van der Waals surface area contributed by atoms with Crippen LogP contribution in [0.25, 0.3) is 0 Å². The number of nitrogens with zero attached hydrogens (tertiary/aromatic N) is 1. The summed E-state index contributed by atoms with van der Waals surface area (Å²) in [6.07, 6.45) is 2.83. The van der Waals surface area contributed by atoms with Crippen molar-refractivity contribution in [3.05, 3.63) is 35.9 Å². The van der Waals surface area contributed by atoms with Crippen molar-refractivity contribution in [3.63, 3.8) is 0 Å². The van der Waals surface area contributed by atoms with Gasteiger partial charge in [-0.05, 0) is 30.2 Å². The van der Waals surface area contributed by atoms with Gasteiger partial charge in [0.1, 0.15) is 0 Å². The molecule has 21 heavy (non-hydrogen) atoms. The molecule has 118 valence electrons. The maximum absolute atomic E-state index is 12.4. The van der Waals surface area contributed by atoms with E-state index in [0.717, 1.165) is 25.8 Å². The zero-order chi connectivity index (χ0) is 15.9. The Labute approximate surface area is 129 Å². The topological polar surface area (TPSA) is 46.3 Å². The van der Waals surface area contributed by atoms with Crippen molar-refractivity contribution in [1.82, 2.24) is 4.90 Å². The molecule has 0 aliphatic rings. The molecule has 0 aromatic heterocycles. The standard InChI is InChI=1S/C18H30N2O/c1-18(2,3)13-16(14-19)17(21)20(4)12-8-11-15-9-6-5-7-10-15/h5-7,9-10,16H,8,11-14,19H2,1-4H3. The van der Waals surface area contributed by atoms with Gasteiger partial charge in [-0.1, -0.05) is 51.1 Å². The van der Waals surface area contributed by atoms with Crippen LogP contribution in [0, 0.1) is 11.3 Å². The van der Waals surface area contributed by atoms with E-state index in [0.29, 0.717) is 6.54 Å². The van der Waals surface area contributed by atoms with Gasteiger partial charge in [0.15, 0.2) is 0 Å². The Kier molecular flexibility index (Phi) is 6.90. The molecular weight excluding hydrogens is 260 g/mol. The fourth-order valence-electron chi connectivity index (χ4n) is 2.60. The van der Waals surface area contributed by atoms with Crippen LogP contribution in [0.2, 0.25) is 0 Å². The molecule has 0 aliphatic carbocycles. The summed E-state index contributed by atoms with van der Waals surface area (Å²) in [5.41, 5.74) is 7.24. The molecule has 0 fully saturated rings. The van der Waals surface area contributed by atoms with Gasteiger partial charge in [-0.15, -0.1) is 0 Å². The lowest BCUT2D eigenvalue weighted by Gasteiger charge is -2.28. The molecule has 0 saturated carbocycles. The number of rotatable bonds is 7. The molecule has 0 radical (unpaired) electrons. The van der Waals surface area contributed by atoms with E-state index in [2.05, 4.69) is 45.0 Å². The second-order valence-electron chi connectivity index (χ2n) is 7.05. The first-order valence-electron chi connectivity index (χ1n) is 7.82. The lowest BCUT2D eigenvalue weighted by atomic mass is 9.84. The summed E-state index contributed by atoms with van der Waals surface area (Å²) in [7, 11) is 1.89. The van der Waals surface area contributed by atoms with Crippen molar-refractivity contribution in [2.45, 2.75) is 40.0 Å². The molecule has 1 amide bonds. The Morgan fingerprint density at radius 2 is 1.86 bits per heavy atom. The SMILES string of the molecule is CN(CCCc1ccccc1)C(=O)C(CN)CC(C)(C)C. The molecule has 0 spiro atoms. The quantitative estimate of drug-likeness (QED) is 0.839. The summed E-state index contributed by atoms with van der Waals surface area (Å²) >= 11 is 0. The van der Waals surface area contributed by atoms with E-state index in [9.17, 15) is 4.79 Å². The molecule has 0 saturated heterocycles. The van der Waals surface area contributed by atoms with Crippen LogP contribution in [-0.4, -0.2) is 30.9 Å². The van der Waals surface area contributed by atoms with E-state index in [1.54, 1.807) is 0 Å². The summed E-state index contributed by atoms with van der Waals surface area (Å²) < 4.78 is 0. The van der Waals surface area contributed by atoms with E-state index in [1.165, 1.54) is 5.56 Å². The van der Waals surface area contributed by atoms with E-state index < -0.39 is 0 Å². The van der Waals surface area contributed by atoms with Gasteiger partial charge in [-0.25, -0.2) is 0 Å². The van der Waals surface area contributed by atoms with E-state index in [4.69, 9.17) is 5.73 Å². The van der Waals surface area contributed by atoms with Crippen molar-refractivity contribution in [2.75, 3.05) is 20.1 Å². The minimum absolute atomic E-state index is 0.0632. The fraction of sp³-hybridized carbons (Fsp3) is 0.611. The van der Waals surface area contributed by atoms with E-state index in [-0.39, 0.29) is 17.2 Å². The summed E-state index contributed by atoms with van der Waals surface area (Å²) in [4.78, 5) is 14.3. The zero-order valence-corrected chi connectivity index (χ0v) is 13.9. The number of hydrogen-bond acceptors (Lipinski definition) is 2. The first-order chi connectivity index (χ1) is 9.83. The maximum Gasteiger partial charge on any atom is 0.226 e. The largest absolute Gasteiger partial charge is 0.345 e. The van der Waals surface area contributed by atoms with Crippen LogP contribution in [0.4, 0.5) is 0 Å². The smallest absolute Gasteiger partial charge is 0.226 e. The molecule has 1 atom stereocenters. The van der Waals surface area contributed by atoms with Crippen LogP contribution in [-0.2, 0) is 11.2 Å². The highest BCUT2D eigenvalue weighted by Gasteiger charge is 2.25. The van der Waals surface area contributed by atoms with E-state index >= 15 is 0 Å². The third kappa shape index (κ3) is 6.76. The lowest BCUT2D eigenvalue weighted by molar-refractivity contribution is -0.134. The summed E-state index contributed by atoms with van der Waals surface area (Å²) in [5.74, 6) is 0.118. The van der Waals surface area contributed by atoms with Gasteiger partial charge in [0.2, 0.25) is 5.91 Å². The predicted molar refractivity (Wildman–Crippen MR) is 89.0 cm³/mol. The van der Waals surface area contributed by atoms with Crippen LogP contribution < -0.4 is 5.73 Å². The fourth-order valence-corrected chi connectivity index (χ4v) is 2.60. The maximum atomic E-state index is 12.4. The molecule has 1 rings (SSSR count). The molecule has 0 aliphatic heterocycles. The van der Waals surface area contributed by atoms with Crippen molar-refractivity contribution in [3.8, 4) is 0 Å². The summed E-state index contributed by atoms with van der Waals surface area (Å²) in [6, 6.07) is 10.4. The number of amides is 1. The Morgan fingerprint density at radius 1 is 1.24 bits per heavy atom. The van der Waals surface area contributed by atoms with Crippen LogP contribution in [0.3, 0.4) is 0 Å². The lowest BCUT2D eigenvalue weighted by Crippen LogP contribution is -2.39. The monoisotopic (exact) mass is 290 g/mol. The first kappa shape index (κ1) is 17.7. The van der Waals surface area contributed by atoms with Gasteiger partial charge in [-0.2, -0.15) is 0 Å². The number of carbonyl (C=O) groups is 1. The minimum atomic E-state index is -0.0632. The Bertz CT molecular complexity index is 423. The van der Waals surface area contributed by atoms with Crippen LogP contribution in [0.5, 0.6) is 0 Å². The molecule has 0 bridgehead atoms. The number of aryl methyl sites for hydroxylation is 1. The third-order valence-electron chi connectivity index (χ3n) is 3.67. The highest BCUT2D eigenvalue weighted by atomic mass is 16.2. The van der Waals surface area contributed by atoms with Crippen LogP contribution in [0.1, 0.15) is 39.2 Å². The van der Waals surface area contributed by atoms with Gasteiger partial charge >= 0.3 is 0 Å². The minimum Gasteiger partial charge on any atom is -0.345 e. The highest BCUT2D eigenvalue weighted by Crippen LogP contribution is 2.25. The average Bonchev–Trinajstić information content (AvgIpc) is 2.44. The van der Waals surface area contributed by atoms with Gasteiger partial charge in [-0.3, -0.25) is 4.79 Å². The zero-order valence-electron chi connectivity index (χ0n) is 13.9. The molecule has 3 heteroatoms. The van der Waals surface area contributed by atoms with Gasteiger partial charge in [0, 0.05) is 20.1 Å². The summed E-state index contributed by atoms with van der Waals surface area (Å²) in [6.45, 7) is 7.67. The number of nitrogens with two attached hydrogens (primary N) is 1. The van der Waals surface area contributed by atoms with Crippen LogP contribution in [0.15, 0.2) is 30.3 Å². The molecule has 1 aromatic rings. The molecule has 3 nitrogen and oxygen atoms in total. The van der Waals surface area contributed by atoms with E-state index in [1.807, 2.05) is 18.0 Å². The number of carbonyl (C=O) groups excluding carboxylic acids is 1. The molecule has 2 N–H and O–H groups in total. The second kappa shape index (κ2) is 8.18. The second-order valence-corrected chi connectivity index (χ2v) is 7.05. The van der Waals surface area contributed by atoms with Gasteiger partial charge < -0.3 is 10.6 Å². The van der Waals surface area contributed by atoms with Crippen molar-refractivity contribution in [2.24, 2.45) is 17.1 Å². The van der Waals surface area contributed by atoms with Gasteiger partial charge in [0.25, 0.3) is 0 Å². The predicted octanol–water partition coefficient (Wildman–Crippen LogP) is 3.09. The Morgan fingerprint density at radius 3 is 2.38 bits per heavy atom. The van der Waals surface area contributed by atoms with Crippen molar-refractivity contribution < 1.29 is 4.79 Å².